The first kappa shape index (κ1) is 18.1. The lowest BCUT2D eigenvalue weighted by atomic mass is 10.2. The van der Waals surface area contributed by atoms with E-state index in [4.69, 9.17) is 9.84 Å². The molecule has 0 aliphatic rings. The number of ether oxygens (including phenoxy) is 1. The average Bonchev–Trinajstić information content (AvgIpc) is 2.60. The Morgan fingerprint density at radius 2 is 2.00 bits per heavy atom. The molecule has 1 aromatic carbocycles. The molecule has 0 bridgehead atoms. The molecule has 7 heteroatoms. The van der Waals surface area contributed by atoms with Crippen LogP contribution >= 0.6 is 0 Å². The van der Waals surface area contributed by atoms with Crippen molar-refractivity contribution in [3.05, 3.63) is 53.9 Å². The van der Waals surface area contributed by atoms with Crippen molar-refractivity contribution in [1.82, 2.24) is 10.4 Å². The van der Waals surface area contributed by atoms with E-state index in [9.17, 15) is 9.90 Å². The molecule has 0 radical (unpaired) electrons. The number of hydrogen-bond donors (Lipinski definition) is 3. The fourth-order valence-corrected chi connectivity index (χ4v) is 1.62. The summed E-state index contributed by atoms with van der Waals surface area (Å²) in [5.41, 5.74) is 3.59. The van der Waals surface area contributed by atoms with Gasteiger partial charge in [-0.2, -0.15) is 5.10 Å². The third-order valence-electron chi connectivity index (χ3n) is 2.61. The van der Waals surface area contributed by atoms with E-state index in [1.165, 1.54) is 24.7 Å². The number of aromatic nitrogens is 1. The largest absolute Gasteiger partial charge is 0.504 e. The summed E-state index contributed by atoms with van der Waals surface area (Å²) in [6.45, 7) is 2.28. The summed E-state index contributed by atoms with van der Waals surface area (Å²) in [6.07, 6.45) is 4.54. The third-order valence-corrected chi connectivity index (χ3v) is 2.61. The standard InChI is InChI=1S/C15H15N3O3.CH4O/c1-2-21-14-9-11(3-4-13(14)19)10-17-18-15(20)12-5-7-16-8-6-12;1-2/h3-10,19H,2H2,1H3,(H,18,20);2H,1H3/b17-10+;. The second-order valence-corrected chi connectivity index (χ2v) is 4.10. The number of carbonyl (C=O) groups is 1. The molecule has 0 saturated heterocycles. The van der Waals surface area contributed by atoms with Crippen molar-refractivity contribution in [3.8, 4) is 11.5 Å². The van der Waals surface area contributed by atoms with E-state index in [0.29, 0.717) is 23.5 Å². The number of aromatic hydroxyl groups is 1. The van der Waals surface area contributed by atoms with Crippen LogP contribution < -0.4 is 10.2 Å². The molecule has 0 saturated carbocycles. The van der Waals surface area contributed by atoms with Crippen LogP contribution in [0, 0.1) is 0 Å². The molecule has 23 heavy (non-hydrogen) atoms. The lowest BCUT2D eigenvalue weighted by molar-refractivity contribution is 0.0955. The number of benzene rings is 1. The minimum absolute atomic E-state index is 0.0646. The Morgan fingerprint density at radius 1 is 1.30 bits per heavy atom. The summed E-state index contributed by atoms with van der Waals surface area (Å²) in [5.74, 6) is 0.120. The summed E-state index contributed by atoms with van der Waals surface area (Å²) in [4.78, 5) is 15.6. The predicted molar refractivity (Wildman–Crippen MR) is 86.7 cm³/mol. The van der Waals surface area contributed by atoms with Crippen LogP contribution in [0.4, 0.5) is 0 Å². The highest BCUT2D eigenvalue weighted by Gasteiger charge is 2.03. The number of amides is 1. The van der Waals surface area contributed by atoms with Crippen molar-refractivity contribution in [2.75, 3.05) is 13.7 Å². The molecule has 0 atom stereocenters. The van der Waals surface area contributed by atoms with Gasteiger partial charge in [0, 0.05) is 25.1 Å². The third kappa shape index (κ3) is 5.76. The van der Waals surface area contributed by atoms with E-state index in [0.717, 1.165) is 7.11 Å². The van der Waals surface area contributed by atoms with E-state index in [1.54, 1.807) is 24.3 Å². The first-order valence-electron chi connectivity index (χ1n) is 6.84. The van der Waals surface area contributed by atoms with Gasteiger partial charge in [-0.05, 0) is 42.8 Å². The highest BCUT2D eigenvalue weighted by atomic mass is 16.5. The number of phenolic OH excluding ortho intramolecular Hbond substituents is 1. The Labute approximate surface area is 134 Å². The van der Waals surface area contributed by atoms with Crippen LogP contribution in [0.3, 0.4) is 0 Å². The van der Waals surface area contributed by atoms with Gasteiger partial charge in [-0.15, -0.1) is 0 Å². The predicted octanol–water partition coefficient (Wildman–Crippen LogP) is 1.56. The van der Waals surface area contributed by atoms with E-state index in [2.05, 4.69) is 15.5 Å². The molecule has 0 spiro atoms. The summed E-state index contributed by atoms with van der Waals surface area (Å²) in [5, 5.41) is 20.4. The number of aliphatic hydroxyl groups is 1. The molecule has 2 aromatic rings. The van der Waals surface area contributed by atoms with Gasteiger partial charge < -0.3 is 14.9 Å². The number of carbonyl (C=O) groups excluding carboxylic acids is 1. The fourth-order valence-electron chi connectivity index (χ4n) is 1.62. The number of rotatable bonds is 5. The van der Waals surface area contributed by atoms with Crippen LogP contribution in [0.2, 0.25) is 0 Å². The number of hydrogen-bond acceptors (Lipinski definition) is 6. The van der Waals surface area contributed by atoms with Gasteiger partial charge in [0.2, 0.25) is 0 Å². The van der Waals surface area contributed by atoms with Crippen molar-refractivity contribution in [2.24, 2.45) is 5.10 Å². The quantitative estimate of drug-likeness (QED) is 0.573. The van der Waals surface area contributed by atoms with Crippen LogP contribution in [0.15, 0.2) is 47.8 Å². The van der Waals surface area contributed by atoms with E-state index in [1.807, 2.05) is 6.92 Å². The van der Waals surface area contributed by atoms with Gasteiger partial charge in [-0.3, -0.25) is 9.78 Å². The van der Waals surface area contributed by atoms with Crippen LogP contribution in [-0.2, 0) is 0 Å². The van der Waals surface area contributed by atoms with Crippen molar-refractivity contribution >= 4 is 12.1 Å². The number of hydrazone groups is 1. The molecular weight excluding hydrogens is 298 g/mol. The molecule has 1 heterocycles. The first-order chi connectivity index (χ1) is 11.2. The van der Waals surface area contributed by atoms with Gasteiger partial charge in [-0.25, -0.2) is 5.43 Å². The van der Waals surface area contributed by atoms with Crippen molar-refractivity contribution < 1.29 is 19.7 Å². The monoisotopic (exact) mass is 317 g/mol. The molecule has 1 amide bonds. The van der Waals surface area contributed by atoms with Crippen LogP contribution in [-0.4, -0.2) is 41.0 Å². The van der Waals surface area contributed by atoms with Crippen molar-refractivity contribution in [1.29, 1.82) is 0 Å². The Hall–Kier alpha value is -2.93. The maximum Gasteiger partial charge on any atom is 0.271 e. The smallest absolute Gasteiger partial charge is 0.271 e. The Morgan fingerprint density at radius 3 is 2.65 bits per heavy atom. The average molecular weight is 317 g/mol. The van der Waals surface area contributed by atoms with E-state index >= 15 is 0 Å². The number of nitrogens with zero attached hydrogens (tertiary/aromatic N) is 2. The van der Waals surface area contributed by atoms with Gasteiger partial charge in [-0.1, -0.05) is 0 Å². The molecule has 1 aromatic heterocycles. The van der Waals surface area contributed by atoms with Gasteiger partial charge in [0.25, 0.3) is 5.91 Å². The minimum Gasteiger partial charge on any atom is -0.504 e. The molecule has 2 rings (SSSR count). The van der Waals surface area contributed by atoms with E-state index < -0.39 is 0 Å². The van der Waals surface area contributed by atoms with E-state index in [-0.39, 0.29) is 11.7 Å². The second-order valence-electron chi connectivity index (χ2n) is 4.10. The number of pyridine rings is 1. The molecule has 7 nitrogen and oxygen atoms in total. The number of phenols is 1. The van der Waals surface area contributed by atoms with Crippen LogP contribution in [0.25, 0.3) is 0 Å². The van der Waals surface area contributed by atoms with Gasteiger partial charge in [0.05, 0.1) is 12.8 Å². The molecule has 0 unspecified atom stereocenters. The minimum atomic E-state index is -0.322. The van der Waals surface area contributed by atoms with Crippen molar-refractivity contribution in [3.63, 3.8) is 0 Å². The highest BCUT2D eigenvalue weighted by Crippen LogP contribution is 2.26. The fraction of sp³-hybridized carbons (Fsp3) is 0.188. The number of aliphatic hydroxyl groups excluding tert-OH is 1. The first-order valence-corrected chi connectivity index (χ1v) is 6.84. The Bertz CT molecular complexity index is 645. The van der Waals surface area contributed by atoms with Gasteiger partial charge in [0.15, 0.2) is 11.5 Å². The zero-order valence-corrected chi connectivity index (χ0v) is 12.9. The second kappa shape index (κ2) is 9.91. The summed E-state index contributed by atoms with van der Waals surface area (Å²) < 4.78 is 5.27. The Kier molecular flexibility index (Phi) is 7.81. The summed E-state index contributed by atoms with van der Waals surface area (Å²) in [7, 11) is 1.00. The van der Waals surface area contributed by atoms with Crippen LogP contribution in [0.1, 0.15) is 22.8 Å². The summed E-state index contributed by atoms with van der Waals surface area (Å²) in [6, 6.07) is 8.01. The lowest BCUT2D eigenvalue weighted by Gasteiger charge is -2.06. The number of nitrogens with one attached hydrogen (secondary N) is 1. The maximum absolute atomic E-state index is 11.7. The van der Waals surface area contributed by atoms with Crippen molar-refractivity contribution in [2.45, 2.75) is 6.92 Å². The molecule has 0 aliphatic heterocycles. The lowest BCUT2D eigenvalue weighted by Crippen LogP contribution is -2.17. The molecular formula is C16H19N3O4. The SMILES string of the molecule is CCOc1cc(/C=N/NC(=O)c2ccncc2)ccc1O.CO. The molecule has 122 valence electrons. The van der Waals surface area contributed by atoms with Crippen LogP contribution in [0.5, 0.6) is 11.5 Å². The maximum atomic E-state index is 11.7. The molecule has 3 N–H and O–H groups in total. The zero-order valence-electron chi connectivity index (χ0n) is 12.9. The molecule has 0 aliphatic carbocycles. The summed E-state index contributed by atoms with van der Waals surface area (Å²) >= 11 is 0. The van der Waals surface area contributed by atoms with Gasteiger partial charge in [0.1, 0.15) is 0 Å². The normalized spacial score (nSPS) is 9.87. The molecule has 0 fully saturated rings. The Balaban J connectivity index is 0.00000127. The van der Waals surface area contributed by atoms with Gasteiger partial charge >= 0.3 is 0 Å². The topological polar surface area (TPSA) is 104 Å². The highest BCUT2D eigenvalue weighted by molar-refractivity contribution is 5.94. The zero-order chi connectivity index (χ0) is 17.1.